The van der Waals surface area contributed by atoms with Crippen LogP contribution in [0, 0.1) is 0 Å². The van der Waals surface area contributed by atoms with Gasteiger partial charge in [0.15, 0.2) is 26.3 Å². The fraction of sp³-hybridized carbons (Fsp3) is 0.364. The smallest absolute Gasteiger partial charge is 0.197 e. The summed E-state index contributed by atoms with van der Waals surface area (Å²) in [5.41, 5.74) is 1.76. The molecule has 34 heavy (non-hydrogen) atoms. The van der Waals surface area contributed by atoms with E-state index < -0.39 is 9.84 Å². The Labute approximate surface area is 201 Å². The molecule has 0 bridgehead atoms. The zero-order valence-electron chi connectivity index (χ0n) is 18.5. The first-order chi connectivity index (χ1) is 16.4. The highest BCUT2D eigenvalue weighted by Gasteiger charge is 2.25. The molecule has 1 fully saturated rings. The van der Waals surface area contributed by atoms with Crippen molar-refractivity contribution in [3.63, 3.8) is 0 Å². The number of imidazole rings is 1. The van der Waals surface area contributed by atoms with E-state index in [9.17, 15) is 8.42 Å². The van der Waals surface area contributed by atoms with Gasteiger partial charge in [-0.1, -0.05) is 23.7 Å². The van der Waals surface area contributed by atoms with Gasteiger partial charge in [0.05, 0.1) is 42.1 Å². The summed E-state index contributed by atoms with van der Waals surface area (Å²) in [6.07, 6.45) is 2.97. The number of ether oxygens (including phenoxy) is 1. The van der Waals surface area contributed by atoms with E-state index in [1.165, 1.54) is 6.33 Å². The first kappa shape index (κ1) is 22.9. The topological polar surface area (TPSA) is 126 Å². The first-order valence-corrected chi connectivity index (χ1v) is 13.0. The third-order valence-corrected chi connectivity index (χ3v) is 7.81. The van der Waals surface area contributed by atoms with E-state index in [0.29, 0.717) is 71.3 Å². The number of fused-ring (bicyclic) bond motifs is 2. The van der Waals surface area contributed by atoms with Crippen LogP contribution in [0.15, 0.2) is 41.9 Å². The number of nitrogens with zero attached hydrogens (tertiary/aromatic N) is 5. The predicted octanol–water partition coefficient (Wildman–Crippen LogP) is 2.83. The van der Waals surface area contributed by atoms with Crippen molar-refractivity contribution < 1.29 is 13.2 Å². The lowest BCUT2D eigenvalue weighted by Crippen LogP contribution is -2.39. The number of morpholine rings is 1. The molecular weight excluding hydrogens is 478 g/mol. The first-order valence-electron chi connectivity index (χ1n) is 10.9. The minimum atomic E-state index is -3.71. The van der Waals surface area contributed by atoms with Crippen LogP contribution in [0.2, 0.25) is 5.02 Å². The second-order valence-electron chi connectivity index (χ2n) is 8.15. The lowest BCUT2D eigenvalue weighted by atomic mass is 10.1. The number of aromatic amines is 1. The van der Waals surface area contributed by atoms with Crippen molar-refractivity contribution in [2.45, 2.75) is 18.0 Å². The van der Waals surface area contributed by atoms with Crippen molar-refractivity contribution >= 4 is 49.2 Å². The number of halogens is 1. The van der Waals surface area contributed by atoms with Crippen molar-refractivity contribution in [3.05, 3.63) is 47.6 Å². The number of aromatic nitrogens is 5. The van der Waals surface area contributed by atoms with Gasteiger partial charge in [-0.05, 0) is 24.4 Å². The molecular formula is C22H24ClN7O3S. The third kappa shape index (κ3) is 4.56. The molecule has 1 aliphatic heterocycles. The summed E-state index contributed by atoms with van der Waals surface area (Å²) < 4.78 is 32.3. The number of rotatable bonds is 7. The highest BCUT2D eigenvalue weighted by Crippen LogP contribution is 2.32. The molecule has 0 saturated carbocycles. The van der Waals surface area contributed by atoms with Crippen LogP contribution in [-0.2, 0) is 14.6 Å². The molecule has 1 atom stereocenters. The molecule has 178 valence electrons. The molecule has 4 aromatic rings. The summed E-state index contributed by atoms with van der Waals surface area (Å²) in [6, 6.07) is 6.83. The summed E-state index contributed by atoms with van der Waals surface area (Å²) in [6.45, 7) is 4.96. The van der Waals surface area contributed by atoms with Gasteiger partial charge in [0.25, 0.3) is 0 Å². The van der Waals surface area contributed by atoms with Crippen molar-refractivity contribution in [2.75, 3.05) is 43.9 Å². The molecule has 0 amide bonds. The van der Waals surface area contributed by atoms with Gasteiger partial charge < -0.3 is 15.0 Å². The van der Waals surface area contributed by atoms with Crippen LogP contribution in [0.4, 0.5) is 5.82 Å². The van der Waals surface area contributed by atoms with E-state index in [0.717, 1.165) is 0 Å². The average Bonchev–Trinajstić information content (AvgIpc) is 3.33. The van der Waals surface area contributed by atoms with Crippen LogP contribution in [0.3, 0.4) is 0 Å². The maximum absolute atomic E-state index is 13.5. The van der Waals surface area contributed by atoms with Gasteiger partial charge in [0.1, 0.15) is 11.8 Å². The normalized spacial score (nSPS) is 16.2. The van der Waals surface area contributed by atoms with Crippen molar-refractivity contribution in [1.82, 2.24) is 29.8 Å². The van der Waals surface area contributed by atoms with E-state index >= 15 is 0 Å². The van der Waals surface area contributed by atoms with Crippen molar-refractivity contribution in [1.29, 1.82) is 0 Å². The van der Waals surface area contributed by atoms with Crippen LogP contribution < -0.4 is 5.32 Å². The molecule has 1 unspecified atom stereocenters. The highest BCUT2D eigenvalue weighted by atomic mass is 35.5. The largest absolute Gasteiger partial charge is 0.379 e. The molecule has 1 aliphatic rings. The summed E-state index contributed by atoms with van der Waals surface area (Å²) in [5, 5.41) is 4.81. The Morgan fingerprint density at radius 2 is 2.06 bits per heavy atom. The number of hydrogen-bond donors (Lipinski definition) is 2. The lowest BCUT2D eigenvalue weighted by molar-refractivity contribution is 0.0408. The van der Waals surface area contributed by atoms with E-state index in [1.54, 1.807) is 18.5 Å². The Balaban J connectivity index is 1.50. The Kier molecular flexibility index (Phi) is 6.34. The quantitative estimate of drug-likeness (QED) is 0.393. The van der Waals surface area contributed by atoms with Crippen LogP contribution in [0.5, 0.6) is 0 Å². The number of pyridine rings is 1. The van der Waals surface area contributed by atoms with Gasteiger partial charge in [0, 0.05) is 25.0 Å². The number of benzene rings is 1. The SMILES string of the molecule is CC(Nc1ncnc2nc[nH]c12)c1cc2cccc(Cl)c2c(S(=O)(=O)CCN2CCOCC2)n1. The number of anilines is 1. The zero-order valence-corrected chi connectivity index (χ0v) is 20.1. The Morgan fingerprint density at radius 3 is 2.88 bits per heavy atom. The lowest BCUT2D eigenvalue weighted by Gasteiger charge is -2.26. The second kappa shape index (κ2) is 9.41. The Hall–Kier alpha value is -2.86. The summed E-state index contributed by atoms with van der Waals surface area (Å²) in [5.74, 6) is 0.506. The van der Waals surface area contributed by atoms with Gasteiger partial charge in [-0.15, -0.1) is 0 Å². The second-order valence-corrected chi connectivity index (χ2v) is 10.6. The maximum Gasteiger partial charge on any atom is 0.197 e. The van der Waals surface area contributed by atoms with E-state index in [4.69, 9.17) is 16.3 Å². The minimum absolute atomic E-state index is 0.00174. The molecule has 2 N–H and O–H groups in total. The fourth-order valence-electron chi connectivity index (χ4n) is 4.02. The molecule has 5 rings (SSSR count). The van der Waals surface area contributed by atoms with Crippen molar-refractivity contribution in [2.24, 2.45) is 0 Å². The van der Waals surface area contributed by atoms with Crippen LogP contribution in [0.1, 0.15) is 18.7 Å². The molecule has 1 aromatic carbocycles. The number of nitrogens with one attached hydrogen (secondary N) is 2. The molecule has 12 heteroatoms. The zero-order chi connectivity index (χ0) is 23.7. The molecule has 0 radical (unpaired) electrons. The molecule has 0 spiro atoms. The Bertz CT molecular complexity index is 1440. The summed E-state index contributed by atoms with van der Waals surface area (Å²) in [7, 11) is -3.71. The van der Waals surface area contributed by atoms with Crippen LogP contribution >= 0.6 is 11.6 Å². The van der Waals surface area contributed by atoms with Crippen LogP contribution in [0.25, 0.3) is 21.9 Å². The molecule has 1 saturated heterocycles. The minimum Gasteiger partial charge on any atom is -0.379 e. The van der Waals surface area contributed by atoms with Gasteiger partial charge in [-0.3, -0.25) is 4.90 Å². The van der Waals surface area contributed by atoms with E-state index in [1.807, 2.05) is 19.1 Å². The summed E-state index contributed by atoms with van der Waals surface area (Å²) in [4.78, 5) is 22.3. The summed E-state index contributed by atoms with van der Waals surface area (Å²) >= 11 is 6.46. The maximum atomic E-state index is 13.5. The monoisotopic (exact) mass is 501 g/mol. The third-order valence-electron chi connectivity index (χ3n) is 5.89. The number of H-pyrrole nitrogens is 1. The molecule has 3 aromatic heterocycles. The molecule has 0 aliphatic carbocycles. The molecule has 4 heterocycles. The standard InChI is InChI=1S/C22H24ClN7O3S/c1-14(28-21-19-20(25-12-24-19)26-13-27-21)17-11-15-3-2-4-16(23)18(15)22(29-17)34(31,32)10-7-30-5-8-33-9-6-30/h2-4,11-14H,5-10H2,1H3,(H2,24,25,26,27,28). The van der Waals surface area contributed by atoms with Crippen LogP contribution in [-0.4, -0.2) is 76.8 Å². The van der Waals surface area contributed by atoms with E-state index in [2.05, 4.69) is 35.1 Å². The van der Waals surface area contributed by atoms with E-state index in [-0.39, 0.29) is 16.8 Å². The fourth-order valence-corrected chi connectivity index (χ4v) is 5.83. The number of sulfone groups is 1. The predicted molar refractivity (Wildman–Crippen MR) is 130 cm³/mol. The van der Waals surface area contributed by atoms with Crippen molar-refractivity contribution in [3.8, 4) is 0 Å². The molecule has 10 nitrogen and oxygen atoms in total. The van der Waals surface area contributed by atoms with Gasteiger partial charge >= 0.3 is 0 Å². The average molecular weight is 502 g/mol. The number of hydrogen-bond acceptors (Lipinski definition) is 9. The Morgan fingerprint density at radius 1 is 1.24 bits per heavy atom. The van der Waals surface area contributed by atoms with Gasteiger partial charge in [-0.25, -0.2) is 28.4 Å². The van der Waals surface area contributed by atoms with Gasteiger partial charge in [0.2, 0.25) is 0 Å². The highest BCUT2D eigenvalue weighted by molar-refractivity contribution is 7.91. The van der Waals surface area contributed by atoms with Gasteiger partial charge in [-0.2, -0.15) is 0 Å².